The molecule has 0 bridgehead atoms. The zero-order chi connectivity index (χ0) is 7.94. The topological polar surface area (TPSA) is 62.1 Å². The summed E-state index contributed by atoms with van der Waals surface area (Å²) < 4.78 is 11.4. The van der Waals surface area contributed by atoms with Crippen molar-refractivity contribution < 1.29 is 9.47 Å². The van der Waals surface area contributed by atoms with Crippen LogP contribution in [-0.4, -0.2) is 40.5 Å². The van der Waals surface area contributed by atoms with Gasteiger partial charge in [-0.2, -0.15) is 0 Å². The Kier molecular flexibility index (Phi) is 3.49. The number of hydrogen-bond donors (Lipinski definition) is 0. The SMILES string of the molecule is COCCOCn1cnnn1. The second kappa shape index (κ2) is 4.75. The largest absolute Gasteiger partial charge is 0.382 e. The molecule has 62 valence electrons. The van der Waals surface area contributed by atoms with Gasteiger partial charge in [0.05, 0.1) is 13.2 Å². The summed E-state index contributed by atoms with van der Waals surface area (Å²) >= 11 is 0. The Hall–Kier alpha value is -1.01. The summed E-state index contributed by atoms with van der Waals surface area (Å²) in [6.45, 7) is 1.51. The summed E-state index contributed by atoms with van der Waals surface area (Å²) in [7, 11) is 1.63. The lowest BCUT2D eigenvalue weighted by Gasteiger charge is -2.00. The van der Waals surface area contributed by atoms with Crippen molar-refractivity contribution >= 4 is 0 Å². The molecule has 1 rings (SSSR count). The number of methoxy groups -OCH3 is 1. The molecule has 1 aromatic rings. The smallest absolute Gasteiger partial charge is 0.143 e. The van der Waals surface area contributed by atoms with E-state index in [1.54, 1.807) is 7.11 Å². The summed E-state index contributed by atoms with van der Waals surface area (Å²) in [6.07, 6.45) is 1.49. The Labute approximate surface area is 64.1 Å². The van der Waals surface area contributed by atoms with Gasteiger partial charge in [0.2, 0.25) is 0 Å². The lowest BCUT2D eigenvalue weighted by atomic mass is 10.8. The van der Waals surface area contributed by atoms with E-state index in [1.165, 1.54) is 11.0 Å². The fourth-order valence-corrected chi connectivity index (χ4v) is 0.540. The standard InChI is InChI=1S/C5H10N4O2/c1-10-2-3-11-5-9-4-6-7-8-9/h4H,2-3,5H2,1H3. The van der Waals surface area contributed by atoms with E-state index in [9.17, 15) is 0 Å². The number of aromatic nitrogens is 4. The van der Waals surface area contributed by atoms with Crippen molar-refractivity contribution in [1.29, 1.82) is 0 Å². The molecule has 0 amide bonds. The maximum atomic E-state index is 5.11. The highest BCUT2D eigenvalue weighted by molar-refractivity contribution is 4.40. The number of hydrogen-bond acceptors (Lipinski definition) is 5. The second-order valence-corrected chi connectivity index (χ2v) is 1.88. The van der Waals surface area contributed by atoms with Crippen molar-refractivity contribution in [2.24, 2.45) is 0 Å². The first-order chi connectivity index (χ1) is 5.43. The molecule has 11 heavy (non-hydrogen) atoms. The highest BCUT2D eigenvalue weighted by Gasteiger charge is 1.90. The molecule has 0 spiro atoms. The van der Waals surface area contributed by atoms with Gasteiger partial charge in [0.1, 0.15) is 13.1 Å². The average molecular weight is 158 g/mol. The van der Waals surface area contributed by atoms with Crippen molar-refractivity contribution in [2.75, 3.05) is 20.3 Å². The third kappa shape index (κ3) is 3.06. The molecule has 0 aliphatic heterocycles. The van der Waals surface area contributed by atoms with Crippen molar-refractivity contribution in [3.8, 4) is 0 Å². The normalized spacial score (nSPS) is 10.3. The molecule has 0 aromatic carbocycles. The van der Waals surface area contributed by atoms with Crippen LogP contribution in [0.2, 0.25) is 0 Å². The summed E-state index contributed by atoms with van der Waals surface area (Å²) in [5, 5.41) is 10.5. The van der Waals surface area contributed by atoms with Crippen LogP contribution in [0, 0.1) is 0 Å². The Morgan fingerprint density at radius 2 is 2.36 bits per heavy atom. The van der Waals surface area contributed by atoms with Gasteiger partial charge in [-0.25, -0.2) is 4.68 Å². The second-order valence-electron chi connectivity index (χ2n) is 1.88. The number of nitrogens with zero attached hydrogens (tertiary/aromatic N) is 4. The van der Waals surface area contributed by atoms with Gasteiger partial charge in [-0.3, -0.25) is 0 Å². The summed E-state index contributed by atoms with van der Waals surface area (Å²) in [6, 6.07) is 0. The van der Waals surface area contributed by atoms with Gasteiger partial charge < -0.3 is 9.47 Å². The van der Waals surface area contributed by atoms with Crippen LogP contribution in [0.5, 0.6) is 0 Å². The van der Waals surface area contributed by atoms with E-state index in [2.05, 4.69) is 15.5 Å². The van der Waals surface area contributed by atoms with E-state index >= 15 is 0 Å². The van der Waals surface area contributed by atoms with E-state index in [4.69, 9.17) is 9.47 Å². The zero-order valence-electron chi connectivity index (χ0n) is 6.30. The van der Waals surface area contributed by atoms with E-state index in [-0.39, 0.29) is 0 Å². The van der Waals surface area contributed by atoms with Gasteiger partial charge in [0, 0.05) is 7.11 Å². The van der Waals surface area contributed by atoms with Gasteiger partial charge in [-0.05, 0) is 10.4 Å². The average Bonchev–Trinajstić information content (AvgIpc) is 2.50. The van der Waals surface area contributed by atoms with Crippen LogP contribution in [0.25, 0.3) is 0 Å². The predicted octanol–water partition coefficient (Wildman–Crippen LogP) is -0.706. The van der Waals surface area contributed by atoms with E-state index in [0.29, 0.717) is 19.9 Å². The molecule has 0 aliphatic rings. The Morgan fingerprint density at radius 3 is 3.00 bits per heavy atom. The van der Waals surface area contributed by atoms with E-state index in [1.807, 2.05) is 0 Å². The van der Waals surface area contributed by atoms with Crippen LogP contribution in [0.4, 0.5) is 0 Å². The fourth-order valence-electron chi connectivity index (χ4n) is 0.540. The van der Waals surface area contributed by atoms with Gasteiger partial charge in [0.15, 0.2) is 0 Å². The van der Waals surface area contributed by atoms with Gasteiger partial charge in [-0.1, -0.05) is 0 Å². The first-order valence-electron chi connectivity index (χ1n) is 3.21. The Bertz CT molecular complexity index is 177. The number of tetrazole rings is 1. The van der Waals surface area contributed by atoms with Crippen molar-refractivity contribution in [3.05, 3.63) is 6.33 Å². The number of ether oxygens (including phenoxy) is 2. The summed E-state index contributed by atoms with van der Waals surface area (Å²) in [5.74, 6) is 0. The maximum Gasteiger partial charge on any atom is 0.143 e. The predicted molar refractivity (Wildman–Crippen MR) is 35.6 cm³/mol. The maximum absolute atomic E-state index is 5.11. The molecule has 0 N–H and O–H groups in total. The van der Waals surface area contributed by atoms with Crippen LogP contribution in [0.3, 0.4) is 0 Å². The number of rotatable bonds is 5. The van der Waals surface area contributed by atoms with Crippen LogP contribution in [-0.2, 0) is 16.2 Å². The highest BCUT2D eigenvalue weighted by Crippen LogP contribution is 1.80. The van der Waals surface area contributed by atoms with Crippen LogP contribution in [0.15, 0.2) is 6.33 Å². The molecule has 0 saturated heterocycles. The van der Waals surface area contributed by atoms with Crippen molar-refractivity contribution in [2.45, 2.75) is 6.73 Å². The lowest BCUT2D eigenvalue weighted by Crippen LogP contribution is -2.07. The molecule has 6 nitrogen and oxygen atoms in total. The Balaban J connectivity index is 2.04. The van der Waals surface area contributed by atoms with Gasteiger partial charge in [-0.15, -0.1) is 5.10 Å². The molecular formula is C5H10N4O2. The molecule has 0 unspecified atom stereocenters. The quantitative estimate of drug-likeness (QED) is 0.530. The molecule has 0 radical (unpaired) electrons. The lowest BCUT2D eigenvalue weighted by molar-refractivity contribution is 0.0280. The zero-order valence-corrected chi connectivity index (χ0v) is 6.30. The minimum atomic E-state index is 0.371. The first kappa shape index (κ1) is 8.09. The fraction of sp³-hybridized carbons (Fsp3) is 0.800. The molecule has 0 fully saturated rings. The molecule has 0 aliphatic carbocycles. The third-order valence-electron chi connectivity index (χ3n) is 1.05. The molecule has 0 atom stereocenters. The van der Waals surface area contributed by atoms with Crippen molar-refractivity contribution in [1.82, 2.24) is 20.2 Å². The van der Waals surface area contributed by atoms with Crippen LogP contribution >= 0.6 is 0 Å². The minimum Gasteiger partial charge on any atom is -0.382 e. The third-order valence-corrected chi connectivity index (χ3v) is 1.05. The van der Waals surface area contributed by atoms with Gasteiger partial charge >= 0.3 is 0 Å². The summed E-state index contributed by atoms with van der Waals surface area (Å²) in [4.78, 5) is 0. The van der Waals surface area contributed by atoms with Crippen LogP contribution < -0.4 is 0 Å². The molecule has 6 heteroatoms. The van der Waals surface area contributed by atoms with Gasteiger partial charge in [0.25, 0.3) is 0 Å². The monoisotopic (exact) mass is 158 g/mol. The van der Waals surface area contributed by atoms with E-state index < -0.39 is 0 Å². The van der Waals surface area contributed by atoms with E-state index in [0.717, 1.165) is 0 Å². The minimum absolute atomic E-state index is 0.371. The molecule has 1 heterocycles. The first-order valence-corrected chi connectivity index (χ1v) is 3.21. The summed E-state index contributed by atoms with van der Waals surface area (Å²) in [5.41, 5.74) is 0. The van der Waals surface area contributed by atoms with Crippen molar-refractivity contribution in [3.63, 3.8) is 0 Å². The molecule has 1 aromatic heterocycles. The highest BCUT2D eigenvalue weighted by atomic mass is 16.5. The Morgan fingerprint density at radius 1 is 1.45 bits per heavy atom. The van der Waals surface area contributed by atoms with Crippen LogP contribution in [0.1, 0.15) is 0 Å². The molecular weight excluding hydrogens is 148 g/mol. The molecule has 0 saturated carbocycles.